The molecule has 1 aromatic rings. The second-order valence-electron chi connectivity index (χ2n) is 3.97. The summed E-state index contributed by atoms with van der Waals surface area (Å²) in [6.07, 6.45) is 0.335. The minimum atomic E-state index is -1.03. The van der Waals surface area contributed by atoms with E-state index >= 15 is 0 Å². The van der Waals surface area contributed by atoms with Gasteiger partial charge in [-0.2, -0.15) is 0 Å². The zero-order valence-corrected chi connectivity index (χ0v) is 10.3. The molecule has 0 fully saturated rings. The quantitative estimate of drug-likeness (QED) is 0.581. The molecular weight excluding hydrogens is 250 g/mol. The van der Waals surface area contributed by atoms with E-state index in [4.69, 9.17) is 16.6 Å². The molecule has 0 heterocycles. The van der Waals surface area contributed by atoms with E-state index in [9.17, 15) is 14.4 Å². The summed E-state index contributed by atoms with van der Waals surface area (Å²) in [6.45, 7) is 1.69. The largest absolute Gasteiger partial charge is 0.480 e. The first-order valence-electron chi connectivity index (χ1n) is 5.59. The number of rotatable bonds is 6. The summed E-state index contributed by atoms with van der Waals surface area (Å²) in [5, 5.41) is 11.6. The first kappa shape index (κ1) is 14.5. The van der Waals surface area contributed by atoms with Gasteiger partial charge in [0.1, 0.15) is 6.04 Å². The zero-order valence-electron chi connectivity index (χ0n) is 10.3. The van der Waals surface area contributed by atoms with E-state index in [1.807, 2.05) is 0 Å². The normalized spacial score (nSPS) is 11.6. The van der Waals surface area contributed by atoms with E-state index in [-0.39, 0.29) is 11.1 Å². The monoisotopic (exact) mass is 265 g/mol. The highest BCUT2D eigenvalue weighted by Crippen LogP contribution is 2.16. The van der Waals surface area contributed by atoms with Crippen LogP contribution in [0.15, 0.2) is 18.2 Å². The number of nitrogens with two attached hydrogens (primary N) is 2. The van der Waals surface area contributed by atoms with Gasteiger partial charge in [-0.1, -0.05) is 6.92 Å². The fraction of sp³-hybridized carbons (Fsp3) is 0.250. The fourth-order valence-corrected chi connectivity index (χ4v) is 1.54. The molecule has 0 spiro atoms. The van der Waals surface area contributed by atoms with Gasteiger partial charge >= 0.3 is 5.97 Å². The first-order valence-corrected chi connectivity index (χ1v) is 5.59. The van der Waals surface area contributed by atoms with Crippen molar-refractivity contribution in [1.82, 2.24) is 0 Å². The van der Waals surface area contributed by atoms with Crippen molar-refractivity contribution >= 4 is 23.5 Å². The van der Waals surface area contributed by atoms with Gasteiger partial charge in [0.2, 0.25) is 11.8 Å². The number of anilines is 1. The predicted octanol–water partition coefficient (Wildman–Crippen LogP) is 0.160. The van der Waals surface area contributed by atoms with Crippen LogP contribution in [0.2, 0.25) is 0 Å². The van der Waals surface area contributed by atoms with Crippen molar-refractivity contribution in [2.45, 2.75) is 19.4 Å². The molecule has 0 aromatic heterocycles. The topological polar surface area (TPSA) is 136 Å². The van der Waals surface area contributed by atoms with Gasteiger partial charge in [-0.3, -0.25) is 9.59 Å². The van der Waals surface area contributed by atoms with Crippen molar-refractivity contribution in [1.29, 1.82) is 0 Å². The average molecular weight is 265 g/mol. The third-order valence-corrected chi connectivity index (χ3v) is 2.55. The lowest BCUT2D eigenvalue weighted by Gasteiger charge is -2.15. The highest BCUT2D eigenvalue weighted by atomic mass is 16.4. The third kappa shape index (κ3) is 3.70. The van der Waals surface area contributed by atoms with Gasteiger partial charge in [-0.05, 0) is 24.6 Å². The maximum atomic E-state index is 11.1. The van der Waals surface area contributed by atoms with E-state index in [1.165, 1.54) is 18.2 Å². The van der Waals surface area contributed by atoms with Crippen LogP contribution in [0.4, 0.5) is 5.69 Å². The molecule has 2 amide bonds. The maximum absolute atomic E-state index is 11.1. The molecule has 0 aliphatic carbocycles. The van der Waals surface area contributed by atoms with E-state index in [0.717, 1.165) is 0 Å². The number of amides is 2. The van der Waals surface area contributed by atoms with Crippen LogP contribution in [-0.4, -0.2) is 28.9 Å². The summed E-state index contributed by atoms with van der Waals surface area (Å²) in [4.78, 5) is 33.2. The van der Waals surface area contributed by atoms with Gasteiger partial charge in [0.05, 0.1) is 0 Å². The lowest BCUT2D eigenvalue weighted by molar-refractivity contribution is -0.137. The highest BCUT2D eigenvalue weighted by Gasteiger charge is 2.16. The SMILES string of the molecule is CCC(Nc1cc(C(N)=O)cc(C(N)=O)c1)C(=O)O. The Labute approximate surface area is 109 Å². The molecule has 1 aromatic carbocycles. The summed E-state index contributed by atoms with van der Waals surface area (Å²) < 4.78 is 0. The number of primary amides is 2. The smallest absolute Gasteiger partial charge is 0.326 e. The Morgan fingerprint density at radius 1 is 1.16 bits per heavy atom. The maximum Gasteiger partial charge on any atom is 0.326 e. The third-order valence-electron chi connectivity index (χ3n) is 2.55. The minimum Gasteiger partial charge on any atom is -0.480 e. The molecule has 0 saturated heterocycles. The van der Waals surface area contributed by atoms with Crippen LogP contribution in [0.3, 0.4) is 0 Å². The van der Waals surface area contributed by atoms with Crippen molar-refractivity contribution in [2.24, 2.45) is 11.5 Å². The number of hydrogen-bond donors (Lipinski definition) is 4. The Kier molecular flexibility index (Phi) is 4.46. The van der Waals surface area contributed by atoms with Gasteiger partial charge < -0.3 is 21.9 Å². The Balaban J connectivity index is 3.16. The number of hydrogen-bond acceptors (Lipinski definition) is 4. The molecule has 0 radical (unpaired) electrons. The number of nitrogens with one attached hydrogen (secondary N) is 1. The molecular formula is C12H15N3O4. The van der Waals surface area contributed by atoms with Crippen LogP contribution in [0, 0.1) is 0 Å². The second-order valence-corrected chi connectivity index (χ2v) is 3.97. The van der Waals surface area contributed by atoms with Crippen LogP contribution in [0.5, 0.6) is 0 Å². The van der Waals surface area contributed by atoms with Crippen LogP contribution in [-0.2, 0) is 4.79 Å². The molecule has 1 rings (SSSR count). The van der Waals surface area contributed by atoms with E-state index in [2.05, 4.69) is 5.32 Å². The van der Waals surface area contributed by atoms with Crippen molar-refractivity contribution in [3.63, 3.8) is 0 Å². The Morgan fingerprint density at radius 3 is 1.95 bits per heavy atom. The number of benzene rings is 1. The van der Waals surface area contributed by atoms with Gasteiger partial charge in [-0.25, -0.2) is 4.79 Å². The number of carbonyl (C=O) groups is 3. The molecule has 0 bridgehead atoms. The van der Waals surface area contributed by atoms with E-state index < -0.39 is 23.8 Å². The van der Waals surface area contributed by atoms with Crippen LogP contribution >= 0.6 is 0 Å². The molecule has 0 saturated carbocycles. The first-order chi connectivity index (χ1) is 8.85. The summed E-state index contributed by atoms with van der Waals surface area (Å²) in [5.41, 5.74) is 10.7. The molecule has 102 valence electrons. The average Bonchev–Trinajstić information content (AvgIpc) is 2.34. The van der Waals surface area contributed by atoms with Crippen LogP contribution in [0.25, 0.3) is 0 Å². The Bertz CT molecular complexity index is 495. The van der Waals surface area contributed by atoms with E-state index in [1.54, 1.807) is 6.92 Å². The number of carbonyl (C=O) groups excluding carboxylic acids is 2. The molecule has 0 aliphatic heterocycles. The molecule has 7 nitrogen and oxygen atoms in total. The lowest BCUT2D eigenvalue weighted by atomic mass is 10.1. The van der Waals surface area contributed by atoms with Crippen LogP contribution < -0.4 is 16.8 Å². The minimum absolute atomic E-state index is 0.0824. The molecule has 6 N–H and O–H groups in total. The number of carboxylic acid groups (broad SMARTS) is 1. The van der Waals surface area contributed by atoms with E-state index in [0.29, 0.717) is 12.1 Å². The zero-order chi connectivity index (χ0) is 14.6. The van der Waals surface area contributed by atoms with Gasteiger partial charge in [0.25, 0.3) is 0 Å². The second kappa shape index (κ2) is 5.85. The number of carboxylic acids is 1. The highest BCUT2D eigenvalue weighted by molar-refractivity contribution is 6.00. The molecule has 1 atom stereocenters. The van der Waals surface area contributed by atoms with Crippen molar-refractivity contribution < 1.29 is 19.5 Å². The number of aliphatic carboxylic acids is 1. The summed E-state index contributed by atoms with van der Waals surface area (Å²) in [7, 11) is 0. The fourth-order valence-electron chi connectivity index (χ4n) is 1.54. The van der Waals surface area contributed by atoms with Crippen molar-refractivity contribution in [2.75, 3.05) is 5.32 Å². The summed E-state index contributed by atoms with van der Waals surface area (Å²) >= 11 is 0. The van der Waals surface area contributed by atoms with Gasteiger partial charge in [0.15, 0.2) is 0 Å². The van der Waals surface area contributed by atoms with Crippen molar-refractivity contribution in [3.05, 3.63) is 29.3 Å². The van der Waals surface area contributed by atoms with Crippen molar-refractivity contribution in [3.8, 4) is 0 Å². The Morgan fingerprint density at radius 2 is 1.63 bits per heavy atom. The summed E-state index contributed by atoms with van der Waals surface area (Å²) in [5.74, 6) is -2.49. The Hall–Kier alpha value is -2.57. The molecule has 7 heteroatoms. The standard InChI is InChI=1S/C12H15N3O4/c1-2-9(12(18)19)15-8-4-6(10(13)16)3-7(5-8)11(14)17/h3-5,9,15H,2H2,1H3,(H2,13,16)(H2,14,17)(H,18,19). The molecule has 1 unspecified atom stereocenters. The predicted molar refractivity (Wildman–Crippen MR) is 68.8 cm³/mol. The van der Waals surface area contributed by atoms with Crippen LogP contribution in [0.1, 0.15) is 34.1 Å². The summed E-state index contributed by atoms with van der Waals surface area (Å²) in [6, 6.07) is 3.18. The lowest BCUT2D eigenvalue weighted by Crippen LogP contribution is -2.28. The van der Waals surface area contributed by atoms with Gasteiger partial charge in [0, 0.05) is 16.8 Å². The molecule has 19 heavy (non-hydrogen) atoms. The van der Waals surface area contributed by atoms with Gasteiger partial charge in [-0.15, -0.1) is 0 Å². The molecule has 0 aliphatic rings.